The van der Waals surface area contributed by atoms with Gasteiger partial charge in [-0.15, -0.1) is 21.5 Å². The Bertz CT molecular complexity index is 819. The molecule has 2 heterocycles. The zero-order chi connectivity index (χ0) is 16.4. The van der Waals surface area contributed by atoms with Crippen molar-refractivity contribution in [3.05, 3.63) is 57.4 Å². The van der Waals surface area contributed by atoms with Gasteiger partial charge in [-0.2, -0.15) is 0 Å². The number of aryl methyl sites for hydroxylation is 1. The van der Waals surface area contributed by atoms with Crippen LogP contribution >= 0.6 is 23.1 Å². The largest absolute Gasteiger partial charge is 0.416 e. The van der Waals surface area contributed by atoms with Crippen LogP contribution in [0, 0.1) is 18.6 Å². The average molecular weight is 353 g/mol. The lowest BCUT2D eigenvalue weighted by atomic mass is 10.1. The predicted octanol–water partition coefficient (Wildman–Crippen LogP) is 4.56. The van der Waals surface area contributed by atoms with Gasteiger partial charge in [0.05, 0.1) is 17.1 Å². The highest BCUT2D eigenvalue weighted by Crippen LogP contribution is 2.35. The number of rotatable bonds is 5. The summed E-state index contributed by atoms with van der Waals surface area (Å²) in [6.07, 6.45) is 0.469. The van der Waals surface area contributed by atoms with Crippen molar-refractivity contribution < 1.29 is 13.2 Å². The minimum Gasteiger partial charge on any atom is -0.416 e. The van der Waals surface area contributed by atoms with Crippen LogP contribution in [0.5, 0.6) is 0 Å². The maximum absolute atomic E-state index is 13.8. The molecule has 3 aromatic rings. The lowest BCUT2D eigenvalue weighted by Gasteiger charge is -2.09. The van der Waals surface area contributed by atoms with Gasteiger partial charge in [0.15, 0.2) is 0 Å². The second-order valence-electron chi connectivity index (χ2n) is 4.92. The van der Waals surface area contributed by atoms with Gasteiger partial charge in [-0.3, -0.25) is 0 Å². The van der Waals surface area contributed by atoms with Crippen molar-refractivity contribution in [3.8, 4) is 0 Å². The number of nitrogens with zero attached hydrogens (tertiary/aromatic N) is 3. The summed E-state index contributed by atoms with van der Waals surface area (Å²) in [5.41, 5.74) is 1.27. The number of hydrogen-bond acceptors (Lipinski definition) is 6. The van der Waals surface area contributed by atoms with Gasteiger partial charge in [0.25, 0.3) is 5.22 Å². The molecule has 8 heteroatoms. The molecule has 120 valence electrons. The van der Waals surface area contributed by atoms with E-state index in [9.17, 15) is 8.78 Å². The Morgan fingerprint density at radius 3 is 2.83 bits per heavy atom. The Morgan fingerprint density at radius 2 is 2.13 bits per heavy atom. The van der Waals surface area contributed by atoms with Gasteiger partial charge in [-0.25, -0.2) is 13.8 Å². The molecule has 0 amide bonds. The molecule has 0 aliphatic rings. The van der Waals surface area contributed by atoms with Gasteiger partial charge in [0.1, 0.15) is 11.6 Å². The van der Waals surface area contributed by atoms with E-state index in [1.165, 1.54) is 23.9 Å². The van der Waals surface area contributed by atoms with Crippen molar-refractivity contribution in [3.63, 3.8) is 0 Å². The Balaban J connectivity index is 1.68. The summed E-state index contributed by atoms with van der Waals surface area (Å²) < 4.78 is 32.3. The van der Waals surface area contributed by atoms with Crippen LogP contribution in [-0.2, 0) is 6.42 Å². The lowest BCUT2D eigenvalue weighted by molar-refractivity contribution is 0.418. The highest BCUT2D eigenvalue weighted by atomic mass is 32.2. The highest BCUT2D eigenvalue weighted by molar-refractivity contribution is 7.99. The van der Waals surface area contributed by atoms with E-state index in [1.807, 2.05) is 12.3 Å². The van der Waals surface area contributed by atoms with Crippen molar-refractivity contribution in [2.45, 2.75) is 30.7 Å². The molecule has 0 bridgehead atoms. The van der Waals surface area contributed by atoms with E-state index in [0.717, 1.165) is 16.8 Å². The van der Waals surface area contributed by atoms with Gasteiger partial charge in [0.2, 0.25) is 5.89 Å². The molecule has 1 atom stereocenters. The van der Waals surface area contributed by atoms with Crippen LogP contribution in [0.4, 0.5) is 8.78 Å². The summed E-state index contributed by atoms with van der Waals surface area (Å²) in [6.45, 7) is 3.73. The third-order valence-electron chi connectivity index (χ3n) is 3.13. The van der Waals surface area contributed by atoms with Crippen LogP contribution < -0.4 is 0 Å². The zero-order valence-corrected chi connectivity index (χ0v) is 14.0. The highest BCUT2D eigenvalue weighted by Gasteiger charge is 2.17. The van der Waals surface area contributed by atoms with Crippen molar-refractivity contribution in [1.29, 1.82) is 0 Å². The van der Waals surface area contributed by atoms with Crippen molar-refractivity contribution in [2.24, 2.45) is 0 Å². The van der Waals surface area contributed by atoms with Crippen LogP contribution in [-0.4, -0.2) is 15.2 Å². The van der Waals surface area contributed by atoms with Gasteiger partial charge in [-0.05, 0) is 19.9 Å². The summed E-state index contributed by atoms with van der Waals surface area (Å²) in [4.78, 5) is 4.34. The van der Waals surface area contributed by atoms with E-state index in [1.54, 1.807) is 18.3 Å². The maximum Gasteiger partial charge on any atom is 0.277 e. The third-order valence-corrected chi connectivity index (χ3v) is 4.92. The van der Waals surface area contributed by atoms with Crippen LogP contribution in [0.25, 0.3) is 0 Å². The standard InChI is InChI=1S/C15H13F2N3OS2/c1-8(12-4-3-10(16)5-13(12)17)23-15-20-19-14(21-15)6-11-7-22-9(2)18-11/h3-5,7-8H,6H2,1-2H3/t8-/m1/s1. The topological polar surface area (TPSA) is 51.8 Å². The fraction of sp³-hybridized carbons (Fsp3) is 0.267. The van der Waals surface area contributed by atoms with Gasteiger partial charge >= 0.3 is 0 Å². The molecule has 3 rings (SSSR count). The molecule has 1 aromatic carbocycles. The first-order valence-corrected chi connectivity index (χ1v) is 8.62. The Labute approximate surface area is 140 Å². The number of thiazole rings is 1. The SMILES string of the molecule is Cc1nc(Cc2nnc(S[C@H](C)c3ccc(F)cc3F)o2)cs1. The molecule has 0 radical (unpaired) electrons. The molecule has 4 nitrogen and oxygen atoms in total. The fourth-order valence-electron chi connectivity index (χ4n) is 2.05. The van der Waals surface area contributed by atoms with E-state index in [4.69, 9.17) is 4.42 Å². The van der Waals surface area contributed by atoms with Crippen LogP contribution in [0.15, 0.2) is 33.2 Å². The predicted molar refractivity (Wildman–Crippen MR) is 84.6 cm³/mol. The Kier molecular flexibility index (Phi) is 4.72. The smallest absolute Gasteiger partial charge is 0.277 e. The Hall–Kier alpha value is -1.80. The third kappa shape index (κ3) is 3.94. The Morgan fingerprint density at radius 1 is 1.30 bits per heavy atom. The molecule has 0 spiro atoms. The zero-order valence-electron chi connectivity index (χ0n) is 12.4. The minimum atomic E-state index is -0.595. The average Bonchev–Trinajstić information content (AvgIpc) is 3.08. The van der Waals surface area contributed by atoms with Crippen molar-refractivity contribution in [1.82, 2.24) is 15.2 Å². The van der Waals surface area contributed by atoms with E-state index < -0.39 is 11.6 Å². The summed E-state index contributed by atoms with van der Waals surface area (Å²) in [7, 11) is 0. The second-order valence-corrected chi connectivity index (χ2v) is 7.28. The van der Waals surface area contributed by atoms with Crippen molar-refractivity contribution in [2.75, 3.05) is 0 Å². The lowest BCUT2D eigenvalue weighted by Crippen LogP contribution is -1.94. The van der Waals surface area contributed by atoms with Crippen LogP contribution in [0.1, 0.15) is 34.3 Å². The molecule has 23 heavy (non-hydrogen) atoms. The van der Waals surface area contributed by atoms with Crippen LogP contribution in [0.3, 0.4) is 0 Å². The normalized spacial score (nSPS) is 12.5. The molecule has 0 unspecified atom stereocenters. The van der Waals surface area contributed by atoms with E-state index >= 15 is 0 Å². The number of hydrogen-bond donors (Lipinski definition) is 0. The van der Waals surface area contributed by atoms with E-state index in [2.05, 4.69) is 15.2 Å². The molecular formula is C15H13F2N3OS2. The maximum atomic E-state index is 13.8. The number of aromatic nitrogens is 3. The summed E-state index contributed by atoms with van der Waals surface area (Å²) in [5.74, 6) is -0.714. The summed E-state index contributed by atoms with van der Waals surface area (Å²) >= 11 is 2.80. The first-order valence-electron chi connectivity index (χ1n) is 6.86. The van der Waals surface area contributed by atoms with Gasteiger partial charge < -0.3 is 4.42 Å². The summed E-state index contributed by atoms with van der Waals surface area (Å²) in [5, 5.41) is 10.9. The van der Waals surface area contributed by atoms with E-state index in [0.29, 0.717) is 23.1 Å². The molecule has 0 saturated carbocycles. The number of thioether (sulfide) groups is 1. The molecule has 0 saturated heterocycles. The van der Waals surface area contributed by atoms with Crippen LogP contribution in [0.2, 0.25) is 0 Å². The molecule has 0 fully saturated rings. The molecule has 0 aliphatic carbocycles. The number of benzene rings is 1. The fourth-order valence-corrected chi connectivity index (χ4v) is 3.51. The van der Waals surface area contributed by atoms with Gasteiger partial charge in [0, 0.05) is 22.3 Å². The van der Waals surface area contributed by atoms with Crippen molar-refractivity contribution >= 4 is 23.1 Å². The summed E-state index contributed by atoms with van der Waals surface area (Å²) in [6, 6.07) is 3.53. The quantitative estimate of drug-likeness (QED) is 0.630. The minimum absolute atomic E-state index is 0.273. The second kappa shape index (κ2) is 6.76. The monoisotopic (exact) mass is 353 g/mol. The molecule has 0 N–H and O–H groups in total. The first kappa shape index (κ1) is 16.1. The molecular weight excluding hydrogens is 340 g/mol. The first-order chi connectivity index (χ1) is 11.0. The van der Waals surface area contributed by atoms with E-state index in [-0.39, 0.29) is 5.25 Å². The van der Waals surface area contributed by atoms with Gasteiger partial charge in [-0.1, -0.05) is 17.8 Å². The molecule has 0 aliphatic heterocycles. The molecule has 2 aromatic heterocycles. The number of halogens is 2.